The molecule has 5 heteroatoms. The number of carboxylic acids is 1. The van der Waals surface area contributed by atoms with Gasteiger partial charge in [-0.15, -0.1) is 0 Å². The average molecular weight is 268 g/mol. The average Bonchev–Trinajstić information content (AvgIpc) is 2.22. The molecule has 1 aromatic carbocycles. The molecule has 0 unspecified atom stereocenters. The highest BCUT2D eigenvalue weighted by Gasteiger charge is 2.43. The standard InChI is InChI=1S/C13H16O4S/c1-18(16,17)9-13(7-4-8-13)11-6-3-2-5-10(11)12(14)15/h2-3,5-6H,4,7-9H2,1H3,(H,14,15). The van der Waals surface area contributed by atoms with Crippen LogP contribution >= 0.6 is 0 Å². The number of benzene rings is 1. The van der Waals surface area contributed by atoms with Crippen LogP contribution < -0.4 is 0 Å². The Labute approximate surface area is 107 Å². The van der Waals surface area contributed by atoms with Gasteiger partial charge in [0.15, 0.2) is 0 Å². The van der Waals surface area contributed by atoms with E-state index < -0.39 is 21.2 Å². The van der Waals surface area contributed by atoms with Gasteiger partial charge in [0.2, 0.25) is 0 Å². The summed E-state index contributed by atoms with van der Waals surface area (Å²) in [5.74, 6) is -0.963. The molecule has 0 aromatic heterocycles. The monoisotopic (exact) mass is 268 g/mol. The van der Waals surface area contributed by atoms with Crippen LogP contribution in [-0.2, 0) is 15.3 Å². The Morgan fingerprint density at radius 3 is 2.39 bits per heavy atom. The van der Waals surface area contributed by atoms with E-state index in [0.717, 1.165) is 19.3 Å². The summed E-state index contributed by atoms with van der Waals surface area (Å²) in [4.78, 5) is 11.2. The Kier molecular flexibility index (Phi) is 3.19. The third-order valence-electron chi connectivity index (χ3n) is 3.58. The Bertz CT molecular complexity index is 570. The molecule has 4 nitrogen and oxygen atoms in total. The number of carboxylic acid groups (broad SMARTS) is 1. The minimum Gasteiger partial charge on any atom is -0.478 e. The van der Waals surface area contributed by atoms with Crippen molar-refractivity contribution in [1.29, 1.82) is 0 Å². The van der Waals surface area contributed by atoms with Crippen LogP contribution in [-0.4, -0.2) is 31.5 Å². The third kappa shape index (κ3) is 2.41. The summed E-state index contributed by atoms with van der Waals surface area (Å²) < 4.78 is 23.1. The molecule has 1 saturated carbocycles. The zero-order valence-corrected chi connectivity index (χ0v) is 11.0. The van der Waals surface area contributed by atoms with Crippen molar-refractivity contribution in [2.75, 3.05) is 12.0 Å². The molecule has 1 fully saturated rings. The van der Waals surface area contributed by atoms with Gasteiger partial charge >= 0.3 is 5.97 Å². The van der Waals surface area contributed by atoms with E-state index in [2.05, 4.69) is 0 Å². The molecule has 0 radical (unpaired) electrons. The van der Waals surface area contributed by atoms with Gasteiger partial charge in [0, 0.05) is 11.7 Å². The third-order valence-corrected chi connectivity index (χ3v) is 4.65. The molecule has 0 saturated heterocycles. The van der Waals surface area contributed by atoms with Crippen LogP contribution in [0.25, 0.3) is 0 Å². The number of rotatable bonds is 4. The van der Waals surface area contributed by atoms with Crippen LogP contribution in [0.15, 0.2) is 24.3 Å². The maximum absolute atomic E-state index is 11.5. The van der Waals surface area contributed by atoms with Crippen molar-refractivity contribution >= 4 is 15.8 Å². The Balaban J connectivity index is 2.48. The van der Waals surface area contributed by atoms with Gasteiger partial charge in [-0.2, -0.15) is 0 Å². The molecule has 2 rings (SSSR count). The van der Waals surface area contributed by atoms with E-state index in [1.54, 1.807) is 24.3 Å². The largest absolute Gasteiger partial charge is 0.478 e. The van der Waals surface area contributed by atoms with Crippen LogP contribution in [0, 0.1) is 0 Å². The predicted octanol–water partition coefficient (Wildman–Crippen LogP) is 1.85. The van der Waals surface area contributed by atoms with Crippen LogP contribution in [0.5, 0.6) is 0 Å². The molecular weight excluding hydrogens is 252 g/mol. The summed E-state index contributed by atoms with van der Waals surface area (Å²) in [5.41, 5.74) is 0.387. The van der Waals surface area contributed by atoms with Crippen molar-refractivity contribution < 1.29 is 18.3 Å². The molecule has 1 N–H and O–H groups in total. The summed E-state index contributed by atoms with van der Waals surface area (Å²) in [6.45, 7) is 0. The molecule has 1 aliphatic carbocycles. The number of sulfone groups is 1. The molecule has 1 aromatic rings. The number of carbonyl (C=O) groups is 1. The first kappa shape index (κ1) is 13.1. The highest BCUT2D eigenvalue weighted by atomic mass is 32.2. The van der Waals surface area contributed by atoms with Crippen molar-refractivity contribution in [3.63, 3.8) is 0 Å². The SMILES string of the molecule is CS(=O)(=O)CC1(c2ccccc2C(=O)O)CCC1. The minimum atomic E-state index is -3.13. The Morgan fingerprint density at radius 1 is 1.33 bits per heavy atom. The van der Waals surface area contributed by atoms with Gasteiger partial charge in [-0.1, -0.05) is 24.6 Å². The summed E-state index contributed by atoms with van der Waals surface area (Å²) in [6, 6.07) is 6.72. The first-order valence-electron chi connectivity index (χ1n) is 5.85. The second-order valence-electron chi connectivity index (χ2n) is 5.05. The van der Waals surface area contributed by atoms with Crippen molar-refractivity contribution in [2.24, 2.45) is 0 Å². The van der Waals surface area contributed by atoms with E-state index in [-0.39, 0.29) is 11.3 Å². The smallest absolute Gasteiger partial charge is 0.335 e. The van der Waals surface area contributed by atoms with Crippen LogP contribution in [0.2, 0.25) is 0 Å². The van der Waals surface area contributed by atoms with Crippen molar-refractivity contribution in [1.82, 2.24) is 0 Å². The summed E-state index contributed by atoms with van der Waals surface area (Å²) in [6.07, 6.45) is 3.63. The second-order valence-corrected chi connectivity index (χ2v) is 7.19. The van der Waals surface area contributed by atoms with E-state index in [9.17, 15) is 18.3 Å². The second kappa shape index (κ2) is 4.39. The van der Waals surface area contributed by atoms with Gasteiger partial charge in [0.05, 0.1) is 11.3 Å². The van der Waals surface area contributed by atoms with Crippen LogP contribution in [0.4, 0.5) is 0 Å². The fraction of sp³-hybridized carbons (Fsp3) is 0.462. The number of aromatic carboxylic acids is 1. The van der Waals surface area contributed by atoms with E-state index >= 15 is 0 Å². The van der Waals surface area contributed by atoms with Crippen molar-refractivity contribution in [2.45, 2.75) is 24.7 Å². The summed E-state index contributed by atoms with van der Waals surface area (Å²) in [7, 11) is -3.13. The first-order chi connectivity index (χ1) is 8.34. The maximum atomic E-state index is 11.5. The van der Waals surface area contributed by atoms with Crippen LogP contribution in [0.3, 0.4) is 0 Å². The molecular formula is C13H16O4S. The maximum Gasteiger partial charge on any atom is 0.335 e. The molecule has 98 valence electrons. The van der Waals surface area contributed by atoms with E-state index in [1.807, 2.05) is 0 Å². The lowest BCUT2D eigenvalue weighted by atomic mass is 9.64. The number of hydrogen-bond acceptors (Lipinski definition) is 3. The highest BCUT2D eigenvalue weighted by molar-refractivity contribution is 7.90. The minimum absolute atomic E-state index is 0.0320. The molecule has 0 amide bonds. The highest BCUT2D eigenvalue weighted by Crippen LogP contribution is 2.45. The van der Waals surface area contributed by atoms with E-state index in [0.29, 0.717) is 5.56 Å². The fourth-order valence-corrected chi connectivity index (χ4v) is 4.18. The molecule has 0 bridgehead atoms. The number of hydrogen-bond donors (Lipinski definition) is 1. The van der Waals surface area contributed by atoms with Gasteiger partial charge in [-0.25, -0.2) is 13.2 Å². The molecule has 0 atom stereocenters. The Hall–Kier alpha value is -1.36. The van der Waals surface area contributed by atoms with E-state index in [1.165, 1.54) is 6.26 Å². The zero-order valence-electron chi connectivity index (χ0n) is 10.2. The lowest BCUT2D eigenvalue weighted by Crippen LogP contribution is -2.42. The lowest BCUT2D eigenvalue weighted by molar-refractivity contribution is 0.0691. The zero-order chi connectivity index (χ0) is 13.4. The van der Waals surface area contributed by atoms with Gasteiger partial charge < -0.3 is 5.11 Å². The molecule has 0 spiro atoms. The molecule has 1 aliphatic rings. The summed E-state index contributed by atoms with van der Waals surface area (Å²) >= 11 is 0. The van der Waals surface area contributed by atoms with Gasteiger partial charge in [-0.05, 0) is 24.5 Å². The molecule has 18 heavy (non-hydrogen) atoms. The molecule has 0 aliphatic heterocycles. The summed E-state index contributed by atoms with van der Waals surface area (Å²) in [5, 5.41) is 9.20. The lowest BCUT2D eigenvalue weighted by Gasteiger charge is -2.42. The quantitative estimate of drug-likeness (QED) is 0.904. The van der Waals surface area contributed by atoms with Crippen molar-refractivity contribution in [3.8, 4) is 0 Å². The van der Waals surface area contributed by atoms with Gasteiger partial charge in [0.1, 0.15) is 9.84 Å². The fourth-order valence-electron chi connectivity index (χ4n) is 2.73. The van der Waals surface area contributed by atoms with E-state index in [4.69, 9.17) is 0 Å². The van der Waals surface area contributed by atoms with Gasteiger partial charge in [-0.3, -0.25) is 0 Å². The Morgan fingerprint density at radius 2 is 1.94 bits per heavy atom. The topological polar surface area (TPSA) is 71.4 Å². The first-order valence-corrected chi connectivity index (χ1v) is 7.91. The molecule has 0 heterocycles. The predicted molar refractivity (Wildman–Crippen MR) is 68.6 cm³/mol. The van der Waals surface area contributed by atoms with Crippen LogP contribution in [0.1, 0.15) is 35.2 Å². The normalized spacial score (nSPS) is 18.1. The van der Waals surface area contributed by atoms with Gasteiger partial charge in [0.25, 0.3) is 0 Å². The van der Waals surface area contributed by atoms with Crippen molar-refractivity contribution in [3.05, 3.63) is 35.4 Å².